The Labute approximate surface area is 157 Å². The Hall–Kier alpha value is -2.73. The van der Waals surface area contributed by atoms with Crippen molar-refractivity contribution >= 4 is 17.2 Å². The topological polar surface area (TPSA) is 62.1 Å². The third kappa shape index (κ3) is 2.72. The molecule has 0 amide bonds. The highest BCUT2D eigenvalue weighted by Gasteiger charge is 2.55. The van der Waals surface area contributed by atoms with E-state index in [0.717, 1.165) is 5.56 Å². The largest absolute Gasteiger partial charge is 0.489 e. The van der Waals surface area contributed by atoms with Crippen LogP contribution in [0.15, 0.2) is 53.6 Å². The van der Waals surface area contributed by atoms with Gasteiger partial charge in [-0.05, 0) is 30.5 Å². The molecule has 0 aliphatic carbocycles. The lowest BCUT2D eigenvalue weighted by Crippen LogP contribution is -2.53. The van der Waals surface area contributed by atoms with E-state index in [9.17, 15) is 14.3 Å². The minimum absolute atomic E-state index is 0.0125. The SMILES string of the molecule is CC(=O)C1=NN2c3cc(F)ccc3OC[C@H]2[C@@]1(CCCO)c1ccccc1. The summed E-state index contributed by atoms with van der Waals surface area (Å²) in [5.74, 6) is 0.0274. The lowest BCUT2D eigenvalue weighted by Gasteiger charge is -2.41. The van der Waals surface area contributed by atoms with Crippen LogP contribution in [0.2, 0.25) is 0 Å². The molecule has 4 rings (SSSR count). The van der Waals surface area contributed by atoms with Gasteiger partial charge in [-0.3, -0.25) is 9.80 Å². The molecule has 0 spiro atoms. The average Bonchev–Trinajstić information content (AvgIpc) is 3.03. The number of anilines is 1. The molecule has 6 heteroatoms. The molecule has 0 fully saturated rings. The lowest BCUT2D eigenvalue weighted by molar-refractivity contribution is -0.111. The predicted octanol–water partition coefficient (Wildman–Crippen LogP) is 3.06. The molecule has 0 unspecified atom stereocenters. The van der Waals surface area contributed by atoms with Crippen LogP contribution in [0.5, 0.6) is 5.75 Å². The Morgan fingerprint density at radius 3 is 2.81 bits per heavy atom. The van der Waals surface area contributed by atoms with E-state index >= 15 is 0 Å². The van der Waals surface area contributed by atoms with E-state index in [0.29, 0.717) is 36.6 Å². The first kappa shape index (κ1) is 17.7. The van der Waals surface area contributed by atoms with E-state index in [2.05, 4.69) is 5.10 Å². The fraction of sp³-hybridized carbons (Fsp3) is 0.333. The molecule has 2 heterocycles. The monoisotopic (exact) mass is 368 g/mol. The summed E-state index contributed by atoms with van der Waals surface area (Å²) in [5, 5.41) is 15.9. The number of aliphatic hydroxyl groups excluding tert-OH is 1. The molecule has 0 saturated heterocycles. The maximum absolute atomic E-state index is 13.9. The van der Waals surface area contributed by atoms with Crippen LogP contribution in [0.25, 0.3) is 0 Å². The first-order valence-corrected chi connectivity index (χ1v) is 9.06. The van der Waals surface area contributed by atoms with Crippen LogP contribution >= 0.6 is 0 Å². The second-order valence-corrected chi connectivity index (χ2v) is 6.95. The summed E-state index contributed by atoms with van der Waals surface area (Å²) in [6, 6.07) is 13.7. The molecular weight excluding hydrogens is 347 g/mol. The number of hydrogen-bond donors (Lipinski definition) is 1. The average molecular weight is 368 g/mol. The minimum atomic E-state index is -0.722. The molecule has 0 bridgehead atoms. The number of nitrogens with zero attached hydrogens (tertiary/aromatic N) is 2. The van der Waals surface area contributed by atoms with Crippen LogP contribution in [0.4, 0.5) is 10.1 Å². The molecule has 2 atom stereocenters. The number of carbonyl (C=O) groups is 1. The Balaban J connectivity index is 1.91. The molecule has 2 aromatic rings. The van der Waals surface area contributed by atoms with Gasteiger partial charge < -0.3 is 9.84 Å². The number of halogens is 1. The number of hydrogen-bond acceptors (Lipinski definition) is 5. The van der Waals surface area contributed by atoms with Crippen molar-refractivity contribution < 1.29 is 19.0 Å². The highest BCUT2D eigenvalue weighted by Crippen LogP contribution is 2.48. The fourth-order valence-electron chi connectivity index (χ4n) is 4.26. The fourth-order valence-corrected chi connectivity index (χ4v) is 4.26. The molecule has 0 aromatic heterocycles. The molecule has 1 N–H and O–H groups in total. The standard InChI is InChI=1S/C21H21FN2O3/c1-14(26)20-21(10-5-11-25,15-6-3-2-4-7-15)19-13-27-18-9-8-16(22)12-17(18)24(19)23-20/h2-4,6-9,12,19,25H,5,10-11,13H2,1H3/t19-,21+/m0/s1. The zero-order valence-electron chi connectivity index (χ0n) is 15.1. The molecule has 0 radical (unpaired) electrons. The summed E-state index contributed by atoms with van der Waals surface area (Å²) in [6.45, 7) is 1.83. The minimum Gasteiger partial charge on any atom is -0.489 e. The number of fused-ring (bicyclic) bond motifs is 3. The van der Waals surface area contributed by atoms with Gasteiger partial charge in [-0.1, -0.05) is 30.3 Å². The second kappa shape index (κ2) is 6.78. The Bertz CT molecular complexity index is 900. The van der Waals surface area contributed by atoms with Crippen LogP contribution in [0, 0.1) is 5.82 Å². The second-order valence-electron chi connectivity index (χ2n) is 6.95. The van der Waals surface area contributed by atoms with Gasteiger partial charge in [-0.2, -0.15) is 5.10 Å². The van der Waals surface area contributed by atoms with Gasteiger partial charge in [0.2, 0.25) is 0 Å². The summed E-state index contributed by atoms with van der Waals surface area (Å²) in [7, 11) is 0. The number of carbonyl (C=O) groups excluding carboxylic acids is 1. The maximum atomic E-state index is 13.9. The molecular formula is C21H21FN2O3. The van der Waals surface area contributed by atoms with E-state index in [1.165, 1.54) is 19.1 Å². The zero-order valence-corrected chi connectivity index (χ0v) is 15.1. The van der Waals surface area contributed by atoms with Crippen molar-refractivity contribution in [2.75, 3.05) is 18.2 Å². The van der Waals surface area contributed by atoms with Gasteiger partial charge >= 0.3 is 0 Å². The van der Waals surface area contributed by atoms with Gasteiger partial charge in [-0.15, -0.1) is 0 Å². The van der Waals surface area contributed by atoms with Crippen molar-refractivity contribution in [1.82, 2.24) is 0 Å². The van der Waals surface area contributed by atoms with Crippen LogP contribution in [-0.4, -0.2) is 35.9 Å². The first-order valence-electron chi connectivity index (χ1n) is 9.06. The molecule has 0 saturated carbocycles. The third-order valence-electron chi connectivity index (χ3n) is 5.41. The van der Waals surface area contributed by atoms with Crippen LogP contribution in [-0.2, 0) is 10.2 Å². The van der Waals surface area contributed by atoms with Crippen LogP contribution in [0.3, 0.4) is 0 Å². The number of ether oxygens (including phenoxy) is 1. The van der Waals surface area contributed by atoms with Crippen molar-refractivity contribution in [3.8, 4) is 5.75 Å². The lowest BCUT2D eigenvalue weighted by atomic mass is 9.67. The van der Waals surface area contributed by atoms with Gasteiger partial charge in [0.15, 0.2) is 5.78 Å². The highest BCUT2D eigenvalue weighted by atomic mass is 19.1. The van der Waals surface area contributed by atoms with Gasteiger partial charge in [0.05, 0.1) is 5.41 Å². The highest BCUT2D eigenvalue weighted by molar-refractivity contribution is 6.43. The smallest absolute Gasteiger partial charge is 0.176 e. The molecule has 27 heavy (non-hydrogen) atoms. The van der Waals surface area contributed by atoms with Gasteiger partial charge in [0.25, 0.3) is 0 Å². The maximum Gasteiger partial charge on any atom is 0.176 e. The molecule has 2 aliphatic heterocycles. The number of ketones is 1. The van der Waals surface area contributed by atoms with E-state index < -0.39 is 5.41 Å². The zero-order chi connectivity index (χ0) is 19.0. The Kier molecular flexibility index (Phi) is 4.44. The molecule has 2 aliphatic rings. The Morgan fingerprint density at radius 1 is 1.33 bits per heavy atom. The van der Waals surface area contributed by atoms with E-state index in [4.69, 9.17) is 4.74 Å². The Morgan fingerprint density at radius 2 is 2.11 bits per heavy atom. The van der Waals surface area contributed by atoms with Crippen LogP contribution < -0.4 is 9.75 Å². The quantitative estimate of drug-likeness (QED) is 0.881. The summed E-state index contributed by atoms with van der Waals surface area (Å²) in [6.07, 6.45) is 1.06. The number of rotatable bonds is 5. The van der Waals surface area contributed by atoms with Crippen molar-refractivity contribution in [3.05, 3.63) is 59.9 Å². The number of hydrazone groups is 1. The van der Waals surface area contributed by atoms with Crippen molar-refractivity contribution in [3.63, 3.8) is 0 Å². The van der Waals surface area contributed by atoms with E-state index in [1.54, 1.807) is 11.1 Å². The van der Waals surface area contributed by atoms with Crippen molar-refractivity contribution in [1.29, 1.82) is 0 Å². The number of Topliss-reactive ketones (excluding diaryl/α,β-unsaturated/α-hetero) is 1. The summed E-state index contributed by atoms with van der Waals surface area (Å²) >= 11 is 0. The third-order valence-corrected chi connectivity index (χ3v) is 5.41. The molecule has 5 nitrogen and oxygen atoms in total. The van der Waals surface area contributed by atoms with Crippen LogP contribution in [0.1, 0.15) is 25.3 Å². The molecule has 2 aromatic carbocycles. The molecule has 140 valence electrons. The van der Waals surface area contributed by atoms with Gasteiger partial charge in [-0.25, -0.2) is 4.39 Å². The van der Waals surface area contributed by atoms with E-state index in [-0.39, 0.29) is 24.2 Å². The van der Waals surface area contributed by atoms with Gasteiger partial charge in [0.1, 0.15) is 35.6 Å². The van der Waals surface area contributed by atoms with Gasteiger partial charge in [0, 0.05) is 19.6 Å². The summed E-state index contributed by atoms with van der Waals surface area (Å²) < 4.78 is 19.8. The van der Waals surface area contributed by atoms with E-state index in [1.807, 2.05) is 30.3 Å². The summed E-state index contributed by atoms with van der Waals surface area (Å²) in [4.78, 5) is 12.6. The number of benzene rings is 2. The summed E-state index contributed by atoms with van der Waals surface area (Å²) in [5.41, 5.74) is 1.17. The number of aliphatic hydroxyl groups is 1. The van der Waals surface area contributed by atoms with Crippen molar-refractivity contribution in [2.45, 2.75) is 31.2 Å². The first-order chi connectivity index (χ1) is 13.1. The normalized spacial score (nSPS) is 23.3. The van der Waals surface area contributed by atoms with Crippen molar-refractivity contribution in [2.24, 2.45) is 5.10 Å². The predicted molar refractivity (Wildman–Crippen MR) is 101 cm³/mol.